The van der Waals surface area contributed by atoms with E-state index < -0.39 is 31.9 Å². The fraction of sp³-hybridized carbons (Fsp3) is 0.171. The van der Waals surface area contributed by atoms with Gasteiger partial charge in [-0.3, -0.25) is 9.11 Å². The number of anilines is 2. The Labute approximate surface area is 286 Å². The number of nitrogens with zero attached hydrogens (tertiary/aromatic N) is 3. The predicted octanol–water partition coefficient (Wildman–Crippen LogP) is 6.97. The van der Waals surface area contributed by atoms with E-state index in [9.17, 15) is 25.9 Å². The Morgan fingerprint density at radius 1 is 0.854 bits per heavy atom. The van der Waals surface area contributed by atoms with Crippen LogP contribution in [0.1, 0.15) is 11.4 Å². The van der Waals surface area contributed by atoms with Gasteiger partial charge >= 0.3 is 0 Å². The topological polar surface area (TPSA) is 119 Å². The molecule has 244 valence electrons. The summed E-state index contributed by atoms with van der Waals surface area (Å²) in [5, 5.41) is 5.66. The molecular formula is C35H30N3O6S4+. The number of rotatable bonds is 8. The van der Waals surface area contributed by atoms with Crippen LogP contribution in [0.5, 0.6) is 0 Å². The first kappa shape index (κ1) is 31.3. The monoisotopic (exact) mass is 716 g/mol. The van der Waals surface area contributed by atoms with Crippen molar-refractivity contribution in [2.45, 2.75) is 23.9 Å². The lowest BCUT2D eigenvalue weighted by atomic mass is 9.97. The molecule has 1 aliphatic carbocycles. The summed E-state index contributed by atoms with van der Waals surface area (Å²) in [4.78, 5) is 4.63. The molecule has 13 heteroatoms. The molecule has 2 aliphatic heterocycles. The van der Waals surface area contributed by atoms with E-state index in [2.05, 4.69) is 59.5 Å². The van der Waals surface area contributed by atoms with Gasteiger partial charge in [-0.05, 0) is 46.5 Å². The van der Waals surface area contributed by atoms with E-state index in [1.807, 2.05) is 59.3 Å². The summed E-state index contributed by atoms with van der Waals surface area (Å²) in [6.07, 6.45) is 14.6. The first-order chi connectivity index (χ1) is 23.0. The molecule has 8 rings (SSSR count). The first-order valence-electron chi connectivity index (χ1n) is 15.3. The van der Waals surface area contributed by atoms with Crippen molar-refractivity contribution in [2.24, 2.45) is 5.92 Å². The predicted molar refractivity (Wildman–Crippen MR) is 194 cm³/mol. The molecular weight excluding hydrogens is 687 g/mol. The van der Waals surface area contributed by atoms with Crippen LogP contribution in [0.25, 0.3) is 37.8 Å². The Balaban J connectivity index is 1.25. The normalized spacial score (nSPS) is 19.8. The number of fused-ring (bicyclic) bond motifs is 7. The van der Waals surface area contributed by atoms with E-state index >= 15 is 0 Å². The zero-order valence-corrected chi connectivity index (χ0v) is 28.6. The highest BCUT2D eigenvalue weighted by Gasteiger charge is 2.34. The molecule has 0 spiro atoms. The number of allylic oxidation sites excluding steroid dienone is 2. The molecule has 0 fully saturated rings. The van der Waals surface area contributed by atoms with E-state index in [1.165, 1.54) is 23.1 Å². The fourth-order valence-corrected chi connectivity index (χ4v) is 10.3. The smallest absolute Gasteiger partial charge is 0.283 e. The van der Waals surface area contributed by atoms with Gasteiger partial charge in [-0.1, -0.05) is 89.9 Å². The van der Waals surface area contributed by atoms with Gasteiger partial charge in [0.05, 0.1) is 34.0 Å². The molecule has 2 N–H and O–H groups in total. The molecule has 48 heavy (non-hydrogen) atoms. The third kappa shape index (κ3) is 5.84. The average molecular weight is 717 g/mol. The molecule has 0 bridgehead atoms. The molecule has 0 radical (unpaired) electrons. The van der Waals surface area contributed by atoms with Gasteiger partial charge in [-0.2, -0.15) is 21.4 Å². The number of aryl methyl sites for hydroxylation is 1. The van der Waals surface area contributed by atoms with Gasteiger partial charge in [-0.25, -0.2) is 0 Å². The van der Waals surface area contributed by atoms with Crippen molar-refractivity contribution in [3.8, 4) is 0 Å². The van der Waals surface area contributed by atoms with E-state index in [-0.39, 0.29) is 18.4 Å². The Morgan fingerprint density at radius 2 is 1.67 bits per heavy atom. The molecule has 0 amide bonds. The molecule has 0 saturated carbocycles. The quantitative estimate of drug-likeness (QED) is 0.0997. The van der Waals surface area contributed by atoms with Gasteiger partial charge in [0.15, 0.2) is 12.4 Å². The third-order valence-electron chi connectivity index (χ3n) is 8.88. The molecule has 0 saturated heterocycles. The second-order valence-electron chi connectivity index (χ2n) is 12.0. The van der Waals surface area contributed by atoms with Crippen molar-refractivity contribution in [3.63, 3.8) is 0 Å². The maximum atomic E-state index is 12.4. The molecule has 4 aromatic carbocycles. The van der Waals surface area contributed by atoms with Crippen LogP contribution in [-0.2, 0) is 26.8 Å². The van der Waals surface area contributed by atoms with E-state index in [0.29, 0.717) is 17.3 Å². The SMILES string of the molecule is O=S(=O)(O)CCC[n+]1c(C=C2Sc3ccc(N4C=CC5C=CC=CC54)cc3N2CS(=O)(=O)O)sc2ccc3c4ccccc4ccc3c21. The lowest BCUT2D eigenvalue weighted by Gasteiger charge is -2.28. The van der Waals surface area contributed by atoms with Crippen LogP contribution in [0.4, 0.5) is 11.4 Å². The Kier molecular flexibility index (Phi) is 7.73. The van der Waals surface area contributed by atoms with Gasteiger partial charge in [-0.15, -0.1) is 0 Å². The van der Waals surface area contributed by atoms with Crippen LogP contribution in [0.3, 0.4) is 0 Å². The summed E-state index contributed by atoms with van der Waals surface area (Å²) < 4.78 is 70.7. The van der Waals surface area contributed by atoms with E-state index in [0.717, 1.165) is 47.4 Å². The van der Waals surface area contributed by atoms with E-state index in [1.54, 1.807) is 4.90 Å². The Hall–Kier alpha value is -3.98. The number of thiazole rings is 1. The van der Waals surface area contributed by atoms with Crippen molar-refractivity contribution in [2.75, 3.05) is 21.4 Å². The largest absolute Gasteiger partial charge is 0.340 e. The molecule has 9 nitrogen and oxygen atoms in total. The molecule has 3 heterocycles. The summed E-state index contributed by atoms with van der Waals surface area (Å²) in [5.74, 6) is -0.771. The molecule has 3 aliphatic rings. The van der Waals surface area contributed by atoms with Crippen LogP contribution in [0.2, 0.25) is 0 Å². The van der Waals surface area contributed by atoms with Crippen LogP contribution in [-0.4, -0.2) is 43.6 Å². The van der Waals surface area contributed by atoms with Crippen molar-refractivity contribution in [1.29, 1.82) is 0 Å². The number of thioether (sulfide) groups is 1. The Bertz CT molecular complexity index is 2480. The minimum Gasteiger partial charge on any atom is -0.340 e. The van der Waals surface area contributed by atoms with Crippen LogP contribution in [0, 0.1) is 5.92 Å². The standard InChI is InChI=1S/C35H29N3O6S4/c39-47(40,41)19-5-17-37-33(46-32-15-13-27-26-8-3-1-6-23(26)10-12-28(27)35(32)37)21-34-38(22-48(42,43)44)30-20-25(11-14-31(30)45-34)36-18-16-24-7-2-4-9-29(24)36/h1-4,6-16,18,20-21,24,29H,5,17,19,22H2,(H-,39,40,41,42,43,44)/p+1. The van der Waals surface area contributed by atoms with Crippen molar-refractivity contribution < 1.29 is 30.5 Å². The second-order valence-corrected chi connectivity index (χ2v) is 17.1. The summed E-state index contributed by atoms with van der Waals surface area (Å²) in [6, 6.07) is 22.5. The highest BCUT2D eigenvalue weighted by atomic mass is 32.2. The maximum absolute atomic E-state index is 12.4. The third-order valence-corrected chi connectivity index (χ3v) is 12.5. The summed E-state index contributed by atoms with van der Waals surface area (Å²) in [7, 11) is -8.59. The van der Waals surface area contributed by atoms with E-state index in [4.69, 9.17) is 0 Å². The molecule has 2 atom stereocenters. The van der Waals surface area contributed by atoms with Crippen molar-refractivity contribution in [1.82, 2.24) is 0 Å². The second kappa shape index (κ2) is 11.9. The van der Waals surface area contributed by atoms with Crippen LogP contribution >= 0.6 is 23.1 Å². The highest BCUT2D eigenvalue weighted by molar-refractivity contribution is 8.04. The van der Waals surface area contributed by atoms with Gasteiger partial charge in [0.25, 0.3) is 25.2 Å². The van der Waals surface area contributed by atoms with Crippen LogP contribution in [0.15, 0.2) is 113 Å². The number of hydrogen-bond donors (Lipinski definition) is 2. The number of benzene rings is 4. The van der Waals surface area contributed by atoms with Crippen molar-refractivity contribution >= 4 is 92.5 Å². The average Bonchev–Trinajstić information content (AvgIpc) is 3.73. The molecule has 1 aromatic heterocycles. The lowest BCUT2D eigenvalue weighted by Crippen LogP contribution is -2.36. The summed E-state index contributed by atoms with van der Waals surface area (Å²) in [6.45, 7) is 0.302. The maximum Gasteiger partial charge on any atom is 0.283 e. The van der Waals surface area contributed by atoms with Gasteiger partial charge in [0.2, 0.25) is 5.52 Å². The zero-order valence-electron chi connectivity index (χ0n) is 25.4. The highest BCUT2D eigenvalue weighted by Crippen LogP contribution is 2.49. The zero-order chi connectivity index (χ0) is 33.2. The Morgan fingerprint density at radius 3 is 2.50 bits per heavy atom. The fourth-order valence-electron chi connectivity index (χ4n) is 6.80. The first-order valence-corrected chi connectivity index (χ1v) is 20.2. The minimum atomic E-state index is -4.42. The van der Waals surface area contributed by atoms with Gasteiger partial charge in [0, 0.05) is 29.1 Å². The van der Waals surface area contributed by atoms with Gasteiger partial charge in [0.1, 0.15) is 4.70 Å². The molecule has 5 aromatic rings. The summed E-state index contributed by atoms with van der Waals surface area (Å²) >= 11 is 2.93. The minimum absolute atomic E-state index is 0.124. The number of hydrogen-bond acceptors (Lipinski definition) is 8. The molecule has 2 unspecified atom stereocenters. The summed E-state index contributed by atoms with van der Waals surface area (Å²) in [5.41, 5.74) is 2.50. The van der Waals surface area contributed by atoms with Crippen molar-refractivity contribution in [3.05, 3.63) is 113 Å². The number of aromatic nitrogens is 1. The van der Waals surface area contributed by atoms with Gasteiger partial charge < -0.3 is 9.80 Å². The van der Waals surface area contributed by atoms with Crippen LogP contribution < -0.4 is 14.4 Å². The lowest BCUT2D eigenvalue weighted by molar-refractivity contribution is -0.667.